The van der Waals surface area contributed by atoms with Crippen molar-refractivity contribution in [3.63, 3.8) is 0 Å². The number of benzene rings is 2. The minimum absolute atomic E-state index is 0.0190. The number of carbonyl (C=O) groups excluding carboxylic acids is 1. The Kier molecular flexibility index (Phi) is 6.68. The number of aromatic nitrogens is 2. The highest BCUT2D eigenvalue weighted by atomic mass is 32.2. The summed E-state index contributed by atoms with van der Waals surface area (Å²) >= 11 is 0. The summed E-state index contributed by atoms with van der Waals surface area (Å²) in [4.78, 5) is 20.7. The molecule has 0 aliphatic carbocycles. The normalized spacial score (nSPS) is 14.4. The third-order valence-corrected chi connectivity index (χ3v) is 7.51. The number of carbonyl (C=O) groups is 1. The molecule has 1 aliphatic rings. The first-order valence-electron chi connectivity index (χ1n) is 11.3. The molecule has 4 aromatic rings. The van der Waals surface area contributed by atoms with Crippen molar-refractivity contribution in [1.29, 1.82) is 0 Å². The van der Waals surface area contributed by atoms with Gasteiger partial charge in [-0.15, -0.1) is 0 Å². The van der Waals surface area contributed by atoms with Crippen LogP contribution in [0.25, 0.3) is 11.1 Å². The fraction of sp³-hybridized carbons (Fsp3) is 0.115. The lowest BCUT2D eigenvalue weighted by Crippen LogP contribution is -2.20. The van der Waals surface area contributed by atoms with Crippen LogP contribution in [-0.2, 0) is 10.0 Å². The van der Waals surface area contributed by atoms with Crippen LogP contribution in [0, 0.1) is 23.3 Å². The van der Waals surface area contributed by atoms with Crippen molar-refractivity contribution in [3.05, 3.63) is 95.3 Å². The van der Waals surface area contributed by atoms with E-state index in [1.165, 1.54) is 13.3 Å². The fourth-order valence-electron chi connectivity index (χ4n) is 4.18. The molecule has 5 rings (SSSR count). The molecule has 0 fully saturated rings. The Balaban J connectivity index is 1.48. The number of anilines is 2. The van der Waals surface area contributed by atoms with E-state index in [0.29, 0.717) is 52.7 Å². The monoisotopic (exact) mass is 558 g/mol. The van der Waals surface area contributed by atoms with Gasteiger partial charge < -0.3 is 10.1 Å². The van der Waals surface area contributed by atoms with Crippen LogP contribution < -0.4 is 14.8 Å². The minimum atomic E-state index is -4.83. The first-order valence-corrected chi connectivity index (χ1v) is 12.8. The van der Waals surface area contributed by atoms with Crippen LogP contribution in [-0.4, -0.2) is 37.8 Å². The van der Waals surface area contributed by atoms with E-state index in [1.54, 1.807) is 29.1 Å². The van der Waals surface area contributed by atoms with E-state index in [1.807, 2.05) is 0 Å². The second-order valence-electron chi connectivity index (χ2n) is 8.51. The average molecular weight is 559 g/mol. The smallest absolute Gasteiger partial charge is 0.265 e. The van der Waals surface area contributed by atoms with E-state index in [0.717, 1.165) is 6.07 Å². The Bertz CT molecular complexity index is 1720. The lowest BCUT2D eigenvalue weighted by atomic mass is 9.91. The van der Waals surface area contributed by atoms with Crippen LogP contribution in [0.2, 0.25) is 0 Å². The van der Waals surface area contributed by atoms with E-state index >= 15 is 4.39 Å². The quantitative estimate of drug-likeness (QED) is 0.245. The Morgan fingerprint density at radius 2 is 1.72 bits per heavy atom. The van der Waals surface area contributed by atoms with E-state index in [9.17, 15) is 26.4 Å². The molecule has 0 bridgehead atoms. The van der Waals surface area contributed by atoms with E-state index in [-0.39, 0.29) is 6.54 Å². The predicted octanol–water partition coefficient (Wildman–Crippen LogP) is 4.90. The average Bonchev–Trinajstić information content (AvgIpc) is 3.35. The number of hydrogen-bond acceptors (Lipinski definition) is 7. The number of halogens is 4. The molecule has 8 nitrogen and oxygen atoms in total. The highest BCUT2D eigenvalue weighted by Gasteiger charge is 2.35. The molecule has 39 heavy (non-hydrogen) atoms. The van der Waals surface area contributed by atoms with Crippen LogP contribution >= 0.6 is 0 Å². The zero-order valence-electron chi connectivity index (χ0n) is 20.0. The van der Waals surface area contributed by atoms with Gasteiger partial charge >= 0.3 is 0 Å². The van der Waals surface area contributed by atoms with Gasteiger partial charge in [-0.25, -0.2) is 35.9 Å². The number of fused-ring (bicyclic) bond motifs is 1. The number of methoxy groups -OCH3 is 1. The van der Waals surface area contributed by atoms with Crippen molar-refractivity contribution in [3.8, 4) is 17.0 Å². The third kappa shape index (κ3) is 4.88. The van der Waals surface area contributed by atoms with Gasteiger partial charge in [0.15, 0.2) is 11.6 Å². The standard InChI is InChI=1S/C26H18F4N4O4S/c1-38-22-7-2-13(10-31-22)14-8-16-17(12-33-26(16)32-11-14)25(35)23-19(29)5-6-20(24(23)30)34-39(36,37)21-9-15(27)3-4-18(21)28/h2-11,17,34H,12H2,1H3,(H,32,33). The maximum Gasteiger partial charge on any atom is 0.265 e. The molecule has 0 spiro atoms. The molecule has 13 heteroatoms. The first kappa shape index (κ1) is 26.1. The summed E-state index contributed by atoms with van der Waals surface area (Å²) in [6, 6.07) is 8.17. The van der Waals surface area contributed by atoms with Gasteiger partial charge in [-0.3, -0.25) is 9.52 Å². The largest absolute Gasteiger partial charge is 0.481 e. The van der Waals surface area contributed by atoms with Crippen LogP contribution in [0.4, 0.5) is 29.1 Å². The number of Topliss-reactive ketones (excluding diaryl/α,β-unsaturated/α-hetero) is 1. The highest BCUT2D eigenvalue weighted by Crippen LogP contribution is 2.37. The summed E-state index contributed by atoms with van der Waals surface area (Å²) < 4.78 is 89.9. The molecule has 2 aromatic carbocycles. The molecule has 3 heterocycles. The number of sulfonamides is 1. The molecule has 1 atom stereocenters. The van der Waals surface area contributed by atoms with Crippen molar-refractivity contribution in [1.82, 2.24) is 9.97 Å². The van der Waals surface area contributed by atoms with Crippen molar-refractivity contribution in [2.24, 2.45) is 0 Å². The maximum absolute atomic E-state index is 15.4. The Morgan fingerprint density at radius 3 is 2.44 bits per heavy atom. The van der Waals surface area contributed by atoms with Gasteiger partial charge in [0, 0.05) is 41.7 Å². The topological polar surface area (TPSA) is 110 Å². The Morgan fingerprint density at radius 1 is 0.974 bits per heavy atom. The number of rotatable bonds is 7. The van der Waals surface area contributed by atoms with Gasteiger partial charge in [-0.1, -0.05) is 0 Å². The van der Waals surface area contributed by atoms with Crippen molar-refractivity contribution >= 4 is 27.3 Å². The number of nitrogens with zero attached hydrogens (tertiary/aromatic N) is 2. The fourth-order valence-corrected chi connectivity index (χ4v) is 5.33. The van der Waals surface area contributed by atoms with Crippen molar-refractivity contribution in [2.45, 2.75) is 10.8 Å². The van der Waals surface area contributed by atoms with Gasteiger partial charge in [-0.05, 0) is 42.5 Å². The van der Waals surface area contributed by atoms with Crippen LogP contribution in [0.5, 0.6) is 5.88 Å². The zero-order valence-corrected chi connectivity index (χ0v) is 20.8. The van der Waals surface area contributed by atoms with Crippen molar-refractivity contribution < 1.29 is 35.5 Å². The molecule has 0 saturated heterocycles. The lowest BCUT2D eigenvalue weighted by Gasteiger charge is -2.15. The number of nitrogens with one attached hydrogen (secondary N) is 2. The molecule has 0 radical (unpaired) electrons. The van der Waals surface area contributed by atoms with E-state index in [4.69, 9.17) is 4.74 Å². The van der Waals surface area contributed by atoms with Crippen LogP contribution in [0.3, 0.4) is 0 Å². The molecular weight excluding hydrogens is 540 g/mol. The van der Waals surface area contributed by atoms with Gasteiger partial charge in [-0.2, -0.15) is 0 Å². The second-order valence-corrected chi connectivity index (χ2v) is 10.2. The summed E-state index contributed by atoms with van der Waals surface area (Å²) in [5.41, 5.74) is -0.190. The van der Waals surface area contributed by atoms with Gasteiger partial charge in [0.25, 0.3) is 10.0 Å². The highest BCUT2D eigenvalue weighted by molar-refractivity contribution is 7.92. The molecule has 2 N–H and O–H groups in total. The number of ketones is 1. The molecule has 2 aromatic heterocycles. The maximum atomic E-state index is 15.4. The number of ether oxygens (including phenoxy) is 1. The Hall–Kier alpha value is -4.52. The number of pyridine rings is 2. The lowest BCUT2D eigenvalue weighted by molar-refractivity contribution is 0.0958. The van der Waals surface area contributed by atoms with Crippen LogP contribution in [0.1, 0.15) is 21.8 Å². The van der Waals surface area contributed by atoms with Crippen molar-refractivity contribution in [2.75, 3.05) is 23.7 Å². The van der Waals surface area contributed by atoms with Gasteiger partial charge in [0.05, 0.1) is 24.3 Å². The molecular formula is C26H18F4N4O4S. The summed E-state index contributed by atoms with van der Waals surface area (Å²) in [5.74, 6) is -6.35. The van der Waals surface area contributed by atoms with Gasteiger partial charge in [0.2, 0.25) is 5.88 Å². The Labute approximate surface area is 219 Å². The molecule has 200 valence electrons. The molecule has 1 unspecified atom stereocenters. The predicted molar refractivity (Wildman–Crippen MR) is 133 cm³/mol. The summed E-state index contributed by atoms with van der Waals surface area (Å²) in [7, 11) is -3.36. The second kappa shape index (κ2) is 9.98. The van der Waals surface area contributed by atoms with Gasteiger partial charge in [0.1, 0.15) is 28.2 Å². The zero-order chi connectivity index (χ0) is 27.9. The van der Waals surface area contributed by atoms with Crippen LogP contribution in [0.15, 0.2) is 65.8 Å². The summed E-state index contributed by atoms with van der Waals surface area (Å²) in [6.45, 7) is -0.0190. The molecule has 0 amide bonds. The van der Waals surface area contributed by atoms with E-state index < -0.39 is 61.1 Å². The molecule has 0 saturated carbocycles. The van der Waals surface area contributed by atoms with E-state index in [2.05, 4.69) is 15.3 Å². The first-order chi connectivity index (χ1) is 18.6. The molecule has 1 aliphatic heterocycles. The number of hydrogen-bond donors (Lipinski definition) is 2. The SMILES string of the molecule is COc1ccc(-c2cnc3c(c2)C(C(=O)c2c(F)ccc(NS(=O)(=O)c4cc(F)ccc4F)c2F)CN3)cn1. The summed E-state index contributed by atoms with van der Waals surface area (Å²) in [5, 5.41) is 2.92. The third-order valence-electron chi connectivity index (χ3n) is 6.13. The minimum Gasteiger partial charge on any atom is -0.481 e. The summed E-state index contributed by atoms with van der Waals surface area (Å²) in [6.07, 6.45) is 3.09.